The van der Waals surface area contributed by atoms with Crippen LogP contribution in [0.15, 0.2) is 41.3 Å². The fraction of sp³-hybridized carbons (Fsp3) is 0.435. The summed E-state index contributed by atoms with van der Waals surface area (Å²) in [6.45, 7) is 1.79. The third-order valence-electron chi connectivity index (χ3n) is 5.98. The van der Waals surface area contributed by atoms with E-state index in [1.807, 2.05) is 11.0 Å². The number of morpholine rings is 1. The van der Waals surface area contributed by atoms with Crippen molar-refractivity contribution in [2.45, 2.75) is 36.8 Å². The van der Waals surface area contributed by atoms with Crippen molar-refractivity contribution in [1.82, 2.24) is 0 Å². The van der Waals surface area contributed by atoms with Crippen LogP contribution >= 0.6 is 0 Å². The van der Waals surface area contributed by atoms with E-state index in [0.29, 0.717) is 32.0 Å². The monoisotopic (exact) mass is 482 g/mol. The average molecular weight is 483 g/mol. The number of hydrogen-bond acceptors (Lipinski definition) is 5. The first-order valence-electron chi connectivity index (χ1n) is 10.8. The van der Waals surface area contributed by atoms with Crippen LogP contribution in [0.3, 0.4) is 0 Å². The molecule has 2 aromatic rings. The highest BCUT2D eigenvalue weighted by atomic mass is 32.2. The fourth-order valence-corrected chi connectivity index (χ4v) is 5.48. The van der Waals surface area contributed by atoms with Crippen molar-refractivity contribution in [3.63, 3.8) is 0 Å². The quantitative estimate of drug-likeness (QED) is 0.677. The minimum Gasteiger partial charge on any atom is -0.378 e. The summed E-state index contributed by atoms with van der Waals surface area (Å²) in [7, 11) is -3.70. The number of nitrogens with zero attached hydrogens (tertiary/aromatic N) is 1. The van der Waals surface area contributed by atoms with Crippen molar-refractivity contribution >= 4 is 27.1 Å². The molecular formula is C23H25F3N2O4S. The number of carbonyl (C=O) groups is 1. The third kappa shape index (κ3) is 5.50. The van der Waals surface area contributed by atoms with Crippen LogP contribution in [0.25, 0.3) is 0 Å². The van der Waals surface area contributed by atoms with E-state index in [0.717, 1.165) is 42.5 Å². The van der Waals surface area contributed by atoms with Crippen LogP contribution in [0, 0.1) is 0 Å². The number of nitrogens with one attached hydrogen (secondary N) is 1. The molecule has 178 valence electrons. The summed E-state index contributed by atoms with van der Waals surface area (Å²) in [5.41, 5.74) is 1.72. The molecule has 1 fully saturated rings. The molecule has 0 spiro atoms. The summed E-state index contributed by atoms with van der Waals surface area (Å²) in [5, 5.41) is 2.50. The summed E-state index contributed by atoms with van der Waals surface area (Å²) in [6.07, 6.45) is -2.18. The Bertz CT molecular complexity index is 1140. The van der Waals surface area contributed by atoms with Crippen LogP contribution in [-0.2, 0) is 38.4 Å². The van der Waals surface area contributed by atoms with Crippen molar-refractivity contribution in [2.24, 2.45) is 0 Å². The van der Waals surface area contributed by atoms with Gasteiger partial charge in [-0.1, -0.05) is 6.07 Å². The number of halogens is 3. The molecule has 2 aliphatic rings. The maximum atomic E-state index is 13.2. The molecule has 0 saturated carbocycles. The number of rotatable bonds is 6. The van der Waals surface area contributed by atoms with E-state index in [2.05, 4.69) is 5.32 Å². The Morgan fingerprint density at radius 2 is 1.76 bits per heavy atom. The van der Waals surface area contributed by atoms with E-state index >= 15 is 0 Å². The van der Waals surface area contributed by atoms with E-state index in [-0.39, 0.29) is 17.0 Å². The Hall–Kier alpha value is -2.59. The largest absolute Gasteiger partial charge is 0.416 e. The molecule has 1 aliphatic carbocycles. The lowest BCUT2D eigenvalue weighted by Crippen LogP contribution is -2.37. The Labute approximate surface area is 190 Å². The fourth-order valence-electron chi connectivity index (χ4n) is 4.19. The lowest BCUT2D eigenvalue weighted by atomic mass is 10.1. The van der Waals surface area contributed by atoms with Crippen molar-refractivity contribution in [1.29, 1.82) is 0 Å². The minimum atomic E-state index is -4.57. The number of hydrogen-bond donors (Lipinski definition) is 1. The predicted octanol–water partition coefficient (Wildman–Crippen LogP) is 3.83. The van der Waals surface area contributed by atoms with E-state index in [1.165, 1.54) is 6.07 Å². The van der Waals surface area contributed by atoms with Crippen LogP contribution in [0.1, 0.15) is 29.5 Å². The van der Waals surface area contributed by atoms with Crippen LogP contribution in [0.4, 0.5) is 24.5 Å². The molecule has 0 atom stereocenters. The number of anilines is 2. The van der Waals surface area contributed by atoms with Gasteiger partial charge in [0, 0.05) is 19.5 Å². The summed E-state index contributed by atoms with van der Waals surface area (Å²) in [6, 6.07) is 8.22. The second-order valence-corrected chi connectivity index (χ2v) is 10.3. The van der Waals surface area contributed by atoms with Crippen LogP contribution in [-0.4, -0.2) is 46.4 Å². The zero-order chi connectivity index (χ0) is 23.6. The number of carbonyl (C=O) groups excluding carboxylic acids is 1. The van der Waals surface area contributed by atoms with Crippen LogP contribution < -0.4 is 10.2 Å². The standard InChI is InChI=1S/C23H25F3N2O4S/c24-23(25,26)18-5-7-21(28-9-11-32-12-10-28)20(15-18)27-22(29)8-13-33(30,31)19-6-4-16-2-1-3-17(16)14-19/h4-7,14-15H,1-3,8-13H2,(H,27,29). The highest BCUT2D eigenvalue weighted by Crippen LogP contribution is 2.36. The normalized spacial score (nSPS) is 16.5. The van der Waals surface area contributed by atoms with Crippen molar-refractivity contribution in [2.75, 3.05) is 42.3 Å². The number of ether oxygens (including phenoxy) is 1. The van der Waals surface area contributed by atoms with Gasteiger partial charge in [0.05, 0.1) is 40.8 Å². The Morgan fingerprint density at radius 3 is 2.48 bits per heavy atom. The van der Waals surface area contributed by atoms with Gasteiger partial charge >= 0.3 is 6.18 Å². The first-order valence-corrected chi connectivity index (χ1v) is 12.5. The van der Waals surface area contributed by atoms with E-state index in [4.69, 9.17) is 4.74 Å². The number of alkyl halides is 3. The zero-order valence-corrected chi connectivity index (χ0v) is 18.8. The van der Waals surface area contributed by atoms with Crippen LogP contribution in [0.2, 0.25) is 0 Å². The highest BCUT2D eigenvalue weighted by molar-refractivity contribution is 7.91. The lowest BCUT2D eigenvalue weighted by molar-refractivity contribution is -0.137. The van der Waals surface area contributed by atoms with E-state index in [1.54, 1.807) is 12.1 Å². The predicted molar refractivity (Wildman–Crippen MR) is 118 cm³/mol. The van der Waals surface area contributed by atoms with Gasteiger partial charge in [-0.25, -0.2) is 8.42 Å². The molecule has 1 N–H and O–H groups in total. The number of aryl methyl sites for hydroxylation is 2. The molecule has 0 bridgehead atoms. The molecule has 2 aromatic carbocycles. The number of amides is 1. The van der Waals surface area contributed by atoms with Crippen molar-refractivity contribution in [3.8, 4) is 0 Å². The highest BCUT2D eigenvalue weighted by Gasteiger charge is 2.32. The lowest BCUT2D eigenvalue weighted by Gasteiger charge is -2.31. The topological polar surface area (TPSA) is 75.7 Å². The van der Waals surface area contributed by atoms with Gasteiger partial charge in [0.25, 0.3) is 0 Å². The summed E-state index contributed by atoms with van der Waals surface area (Å²) in [5.74, 6) is -1.09. The maximum Gasteiger partial charge on any atom is 0.416 e. The zero-order valence-electron chi connectivity index (χ0n) is 18.0. The number of benzene rings is 2. The van der Waals surface area contributed by atoms with Gasteiger partial charge in [-0.05, 0) is 60.7 Å². The molecule has 0 radical (unpaired) electrons. The molecule has 0 unspecified atom stereocenters. The number of sulfone groups is 1. The molecule has 1 amide bonds. The SMILES string of the molecule is O=C(CCS(=O)(=O)c1ccc2c(c1)CCC2)Nc1cc(C(F)(F)F)ccc1N1CCOCC1. The Morgan fingerprint density at radius 1 is 1.03 bits per heavy atom. The summed E-state index contributed by atoms with van der Waals surface area (Å²) >= 11 is 0. The molecule has 6 nitrogen and oxygen atoms in total. The first kappa shape index (κ1) is 23.6. The van der Waals surface area contributed by atoms with Gasteiger partial charge in [0.15, 0.2) is 9.84 Å². The smallest absolute Gasteiger partial charge is 0.378 e. The summed E-state index contributed by atoms with van der Waals surface area (Å²) in [4.78, 5) is 14.6. The van der Waals surface area contributed by atoms with Gasteiger partial charge < -0.3 is 15.0 Å². The second-order valence-electron chi connectivity index (χ2n) is 8.23. The van der Waals surface area contributed by atoms with Gasteiger partial charge in [-0.2, -0.15) is 13.2 Å². The minimum absolute atomic E-state index is 0.00616. The molecule has 1 saturated heterocycles. The Balaban J connectivity index is 1.49. The van der Waals surface area contributed by atoms with Gasteiger partial charge in [-0.15, -0.1) is 0 Å². The molecule has 10 heteroatoms. The molecular weight excluding hydrogens is 457 g/mol. The average Bonchev–Trinajstić information content (AvgIpc) is 3.26. The van der Waals surface area contributed by atoms with Gasteiger partial charge in [0.2, 0.25) is 5.91 Å². The van der Waals surface area contributed by atoms with Crippen LogP contribution in [0.5, 0.6) is 0 Å². The Kier molecular flexibility index (Phi) is 6.67. The van der Waals surface area contributed by atoms with E-state index in [9.17, 15) is 26.4 Å². The number of fused-ring (bicyclic) bond motifs is 1. The van der Waals surface area contributed by atoms with Crippen molar-refractivity contribution < 1.29 is 31.1 Å². The van der Waals surface area contributed by atoms with Gasteiger partial charge in [-0.3, -0.25) is 4.79 Å². The third-order valence-corrected chi connectivity index (χ3v) is 7.69. The molecule has 0 aromatic heterocycles. The maximum absolute atomic E-state index is 13.2. The summed E-state index contributed by atoms with van der Waals surface area (Å²) < 4.78 is 70.5. The molecule has 33 heavy (non-hydrogen) atoms. The van der Waals surface area contributed by atoms with Crippen molar-refractivity contribution in [3.05, 3.63) is 53.1 Å². The first-order chi connectivity index (χ1) is 15.6. The molecule has 1 aliphatic heterocycles. The van der Waals surface area contributed by atoms with Gasteiger partial charge in [0.1, 0.15) is 0 Å². The molecule has 4 rings (SSSR count). The second kappa shape index (κ2) is 9.34. The van der Waals surface area contributed by atoms with E-state index < -0.39 is 33.2 Å². The molecule has 1 heterocycles.